The van der Waals surface area contributed by atoms with E-state index >= 15 is 0 Å². The Morgan fingerprint density at radius 3 is 2.90 bits per heavy atom. The van der Waals surface area contributed by atoms with Gasteiger partial charge in [-0.05, 0) is 28.4 Å². The van der Waals surface area contributed by atoms with E-state index in [-0.39, 0.29) is 11.6 Å². The highest BCUT2D eigenvalue weighted by Crippen LogP contribution is 2.29. The third kappa shape index (κ3) is 2.07. The summed E-state index contributed by atoms with van der Waals surface area (Å²) in [5.41, 5.74) is 1.50. The topological polar surface area (TPSA) is 63.9 Å². The molecule has 1 amide bonds. The number of ether oxygens (including phenoxy) is 1. The maximum absolute atomic E-state index is 11.9. The summed E-state index contributed by atoms with van der Waals surface area (Å²) in [7, 11) is 1.31. The normalized spacial score (nSPS) is 15.1. The second-order valence-corrected chi connectivity index (χ2v) is 5.46. The van der Waals surface area contributed by atoms with E-state index in [4.69, 9.17) is 0 Å². The van der Waals surface area contributed by atoms with E-state index in [0.29, 0.717) is 24.3 Å². The molecule has 0 radical (unpaired) electrons. The zero-order valence-electron chi connectivity index (χ0n) is 10.8. The van der Waals surface area contributed by atoms with Crippen molar-refractivity contribution in [3.05, 3.63) is 28.6 Å². The molecule has 1 aliphatic rings. The molecule has 0 aromatic carbocycles. The third-order valence-corrected chi connectivity index (χ3v) is 3.69. The average Bonchev–Trinajstić information content (AvgIpc) is 3.02. The largest absolute Gasteiger partial charge is 0.464 e. The van der Waals surface area contributed by atoms with Gasteiger partial charge in [0.25, 0.3) is 0 Å². The summed E-state index contributed by atoms with van der Waals surface area (Å²) in [4.78, 5) is 29.5. The molecule has 2 aromatic rings. The first-order valence-corrected chi connectivity index (χ1v) is 6.96. The van der Waals surface area contributed by atoms with Crippen LogP contribution in [-0.4, -0.2) is 34.9 Å². The number of esters is 1. The minimum Gasteiger partial charge on any atom is -0.464 e. The molecule has 0 saturated carbocycles. The Morgan fingerprint density at radius 1 is 1.45 bits per heavy atom. The number of halogens is 1. The lowest BCUT2D eigenvalue weighted by Gasteiger charge is -2.16. The summed E-state index contributed by atoms with van der Waals surface area (Å²) in [6.07, 6.45) is 4.76. The van der Waals surface area contributed by atoms with Crippen molar-refractivity contribution in [2.24, 2.45) is 0 Å². The van der Waals surface area contributed by atoms with Crippen molar-refractivity contribution in [2.45, 2.75) is 12.8 Å². The van der Waals surface area contributed by atoms with E-state index in [9.17, 15) is 9.59 Å². The van der Waals surface area contributed by atoms with Gasteiger partial charge in [0.05, 0.1) is 12.8 Å². The molecule has 0 spiro atoms. The van der Waals surface area contributed by atoms with Crippen LogP contribution in [0, 0.1) is 0 Å². The molecule has 1 aliphatic heterocycles. The first-order valence-electron chi connectivity index (χ1n) is 6.17. The standard InChI is InChI=1S/C13H12BrN3O3/c1-20-13(19)9-7-16-6-8(14)5-10(12(16)15-9)17-4-2-3-11(17)18/h5-7H,2-4H2,1H3. The number of amides is 1. The van der Waals surface area contributed by atoms with Gasteiger partial charge in [-0.25, -0.2) is 9.78 Å². The molecular formula is C13H12BrN3O3. The van der Waals surface area contributed by atoms with Gasteiger partial charge >= 0.3 is 5.97 Å². The van der Waals surface area contributed by atoms with Crippen molar-refractivity contribution >= 4 is 39.1 Å². The second kappa shape index (κ2) is 4.90. The number of hydrogen-bond acceptors (Lipinski definition) is 4. The van der Waals surface area contributed by atoms with Crippen LogP contribution in [0.1, 0.15) is 23.3 Å². The van der Waals surface area contributed by atoms with E-state index in [1.165, 1.54) is 7.11 Å². The van der Waals surface area contributed by atoms with Gasteiger partial charge in [0.1, 0.15) is 0 Å². The molecule has 6 nitrogen and oxygen atoms in total. The van der Waals surface area contributed by atoms with E-state index in [1.54, 1.807) is 21.7 Å². The number of carbonyl (C=O) groups excluding carboxylic acids is 2. The van der Waals surface area contributed by atoms with Crippen LogP contribution in [-0.2, 0) is 9.53 Å². The maximum Gasteiger partial charge on any atom is 0.358 e. The highest BCUT2D eigenvalue weighted by atomic mass is 79.9. The highest BCUT2D eigenvalue weighted by Gasteiger charge is 2.25. The number of nitrogens with zero attached hydrogens (tertiary/aromatic N) is 3. The minimum absolute atomic E-state index is 0.0765. The fourth-order valence-corrected chi connectivity index (χ4v) is 2.79. The summed E-state index contributed by atoms with van der Waals surface area (Å²) >= 11 is 3.41. The molecule has 3 rings (SSSR count). The van der Waals surface area contributed by atoms with Gasteiger partial charge in [0.15, 0.2) is 11.3 Å². The lowest BCUT2D eigenvalue weighted by Crippen LogP contribution is -2.24. The van der Waals surface area contributed by atoms with Crippen LogP contribution >= 0.6 is 15.9 Å². The predicted molar refractivity (Wildman–Crippen MR) is 75.8 cm³/mol. The first-order chi connectivity index (χ1) is 9.60. The van der Waals surface area contributed by atoms with Gasteiger partial charge in [-0.2, -0.15) is 0 Å². The number of anilines is 1. The van der Waals surface area contributed by atoms with Gasteiger partial charge in [-0.15, -0.1) is 0 Å². The number of carbonyl (C=O) groups is 2. The fourth-order valence-electron chi connectivity index (χ4n) is 2.35. The van der Waals surface area contributed by atoms with Gasteiger partial charge in [-0.3, -0.25) is 4.79 Å². The lowest BCUT2D eigenvalue weighted by atomic mass is 10.3. The number of pyridine rings is 1. The Balaban J connectivity index is 2.17. The molecule has 0 bridgehead atoms. The van der Waals surface area contributed by atoms with Crippen LogP contribution in [0.5, 0.6) is 0 Å². The Morgan fingerprint density at radius 2 is 2.25 bits per heavy atom. The smallest absolute Gasteiger partial charge is 0.358 e. The molecule has 0 aliphatic carbocycles. The molecule has 0 unspecified atom stereocenters. The molecular weight excluding hydrogens is 326 g/mol. The molecule has 20 heavy (non-hydrogen) atoms. The van der Waals surface area contributed by atoms with Gasteiger partial charge < -0.3 is 14.0 Å². The quantitative estimate of drug-likeness (QED) is 0.786. The number of rotatable bonds is 2. The van der Waals surface area contributed by atoms with Crippen LogP contribution in [0.25, 0.3) is 5.65 Å². The molecule has 104 valence electrons. The number of hydrogen-bond donors (Lipinski definition) is 0. The van der Waals surface area contributed by atoms with Crippen LogP contribution in [0.3, 0.4) is 0 Å². The van der Waals surface area contributed by atoms with Gasteiger partial charge in [-0.1, -0.05) is 0 Å². The van der Waals surface area contributed by atoms with Crippen LogP contribution in [0.4, 0.5) is 5.69 Å². The number of aromatic nitrogens is 2. The summed E-state index contributed by atoms with van der Waals surface area (Å²) in [6, 6.07) is 1.84. The maximum atomic E-state index is 11.9. The summed E-state index contributed by atoms with van der Waals surface area (Å²) in [5, 5.41) is 0. The molecule has 0 N–H and O–H groups in total. The van der Waals surface area contributed by atoms with Crippen molar-refractivity contribution in [2.75, 3.05) is 18.6 Å². The Labute approximate surface area is 123 Å². The van der Waals surface area contributed by atoms with E-state index in [1.807, 2.05) is 6.07 Å². The van der Waals surface area contributed by atoms with E-state index in [0.717, 1.165) is 10.9 Å². The molecule has 0 atom stereocenters. The van der Waals surface area contributed by atoms with Crippen molar-refractivity contribution in [1.29, 1.82) is 0 Å². The summed E-state index contributed by atoms with van der Waals surface area (Å²) in [5.74, 6) is -0.420. The van der Waals surface area contributed by atoms with Crippen LogP contribution in [0.15, 0.2) is 22.9 Å². The molecule has 1 saturated heterocycles. The zero-order valence-corrected chi connectivity index (χ0v) is 12.4. The van der Waals surface area contributed by atoms with Crippen molar-refractivity contribution in [1.82, 2.24) is 9.38 Å². The van der Waals surface area contributed by atoms with Crippen LogP contribution in [0.2, 0.25) is 0 Å². The number of methoxy groups -OCH3 is 1. The minimum atomic E-state index is -0.497. The van der Waals surface area contributed by atoms with Crippen molar-refractivity contribution in [3.8, 4) is 0 Å². The first kappa shape index (κ1) is 13.1. The van der Waals surface area contributed by atoms with Gasteiger partial charge in [0.2, 0.25) is 5.91 Å². The summed E-state index contributed by atoms with van der Waals surface area (Å²) in [6.45, 7) is 0.672. The molecule has 1 fully saturated rings. The highest BCUT2D eigenvalue weighted by molar-refractivity contribution is 9.10. The number of imidazole rings is 1. The summed E-state index contributed by atoms with van der Waals surface area (Å²) < 4.78 is 7.21. The van der Waals surface area contributed by atoms with Gasteiger partial charge in [0, 0.05) is 29.8 Å². The Hall–Kier alpha value is -1.89. The second-order valence-electron chi connectivity index (χ2n) is 4.54. The Kier molecular flexibility index (Phi) is 3.21. The predicted octanol–water partition coefficient (Wildman–Crippen LogP) is 2.01. The number of fused-ring (bicyclic) bond motifs is 1. The fraction of sp³-hybridized carbons (Fsp3) is 0.308. The van der Waals surface area contributed by atoms with Crippen LogP contribution < -0.4 is 4.90 Å². The van der Waals surface area contributed by atoms with Crippen molar-refractivity contribution in [3.63, 3.8) is 0 Å². The zero-order chi connectivity index (χ0) is 14.3. The molecule has 3 heterocycles. The Bertz CT molecular complexity index is 710. The van der Waals surface area contributed by atoms with E-state index < -0.39 is 5.97 Å². The molecule has 2 aromatic heterocycles. The molecule has 7 heteroatoms. The monoisotopic (exact) mass is 337 g/mol. The third-order valence-electron chi connectivity index (χ3n) is 3.26. The van der Waals surface area contributed by atoms with E-state index in [2.05, 4.69) is 25.7 Å². The lowest BCUT2D eigenvalue weighted by molar-refractivity contribution is -0.117. The van der Waals surface area contributed by atoms with Crippen molar-refractivity contribution < 1.29 is 14.3 Å². The SMILES string of the molecule is COC(=O)c1cn2cc(Br)cc(N3CCCC3=O)c2n1. The average molecular weight is 338 g/mol.